The topological polar surface area (TPSA) is 26.3 Å². The summed E-state index contributed by atoms with van der Waals surface area (Å²) in [6.45, 7) is 8.60. The van der Waals surface area contributed by atoms with Gasteiger partial charge in [-0.05, 0) is 56.4 Å². The standard InChI is InChI=1S/C15H22O2/c1-5-17-14-8-9-15(12(3)10-14)11(2)6-7-13(4)16/h8-11H,5-7H2,1-4H3. The predicted molar refractivity (Wildman–Crippen MR) is 70.7 cm³/mol. The number of benzene rings is 1. The summed E-state index contributed by atoms with van der Waals surface area (Å²) in [7, 11) is 0. The fraction of sp³-hybridized carbons (Fsp3) is 0.533. The zero-order valence-electron chi connectivity index (χ0n) is 11.2. The summed E-state index contributed by atoms with van der Waals surface area (Å²) in [5, 5.41) is 0. The summed E-state index contributed by atoms with van der Waals surface area (Å²) in [4.78, 5) is 11.0. The van der Waals surface area contributed by atoms with Gasteiger partial charge in [0.2, 0.25) is 0 Å². The average Bonchev–Trinajstić information content (AvgIpc) is 2.26. The van der Waals surface area contributed by atoms with Gasteiger partial charge in [0, 0.05) is 6.42 Å². The number of ether oxygens (including phenoxy) is 1. The van der Waals surface area contributed by atoms with E-state index in [2.05, 4.69) is 26.0 Å². The molecule has 0 amide bonds. The predicted octanol–water partition coefficient (Wildman–Crippen LogP) is 3.87. The second kappa shape index (κ2) is 6.43. The quantitative estimate of drug-likeness (QED) is 0.747. The van der Waals surface area contributed by atoms with Crippen molar-refractivity contribution in [2.24, 2.45) is 0 Å². The first-order chi connectivity index (χ1) is 8.04. The van der Waals surface area contributed by atoms with E-state index in [1.165, 1.54) is 11.1 Å². The number of carbonyl (C=O) groups excluding carboxylic acids is 1. The monoisotopic (exact) mass is 234 g/mol. The Kier molecular flexibility index (Phi) is 5.20. The van der Waals surface area contributed by atoms with Crippen LogP contribution < -0.4 is 4.74 Å². The van der Waals surface area contributed by atoms with Crippen LogP contribution in [0.15, 0.2) is 18.2 Å². The lowest BCUT2D eigenvalue weighted by Gasteiger charge is -2.15. The van der Waals surface area contributed by atoms with Gasteiger partial charge >= 0.3 is 0 Å². The Labute approximate surface area is 104 Å². The molecule has 1 aromatic rings. The van der Waals surface area contributed by atoms with Crippen molar-refractivity contribution in [3.05, 3.63) is 29.3 Å². The van der Waals surface area contributed by atoms with Crippen LogP contribution in [0, 0.1) is 6.92 Å². The molecule has 1 unspecified atom stereocenters. The van der Waals surface area contributed by atoms with Crippen LogP contribution in [-0.2, 0) is 4.79 Å². The molecule has 2 heteroatoms. The number of ketones is 1. The number of hydrogen-bond donors (Lipinski definition) is 0. The van der Waals surface area contributed by atoms with Crippen LogP contribution in [0.1, 0.15) is 50.7 Å². The van der Waals surface area contributed by atoms with E-state index in [-0.39, 0.29) is 5.78 Å². The molecule has 0 saturated carbocycles. The Morgan fingerprint density at radius 1 is 1.41 bits per heavy atom. The zero-order valence-corrected chi connectivity index (χ0v) is 11.2. The van der Waals surface area contributed by atoms with Crippen LogP contribution >= 0.6 is 0 Å². The first kappa shape index (κ1) is 13.8. The Hall–Kier alpha value is -1.31. The third-order valence-electron chi connectivity index (χ3n) is 3.01. The molecule has 0 radical (unpaired) electrons. The number of aryl methyl sites for hydroxylation is 1. The van der Waals surface area contributed by atoms with E-state index < -0.39 is 0 Å². The lowest BCUT2D eigenvalue weighted by molar-refractivity contribution is -0.117. The van der Waals surface area contributed by atoms with Gasteiger partial charge in [0.05, 0.1) is 6.61 Å². The second-order valence-electron chi connectivity index (χ2n) is 4.59. The van der Waals surface area contributed by atoms with Gasteiger partial charge in [-0.15, -0.1) is 0 Å². The maximum atomic E-state index is 11.0. The van der Waals surface area contributed by atoms with Crippen molar-refractivity contribution in [2.75, 3.05) is 6.61 Å². The van der Waals surface area contributed by atoms with Gasteiger partial charge in [-0.1, -0.05) is 13.0 Å². The average molecular weight is 234 g/mol. The largest absolute Gasteiger partial charge is 0.494 e. The Balaban J connectivity index is 2.73. The molecule has 0 N–H and O–H groups in total. The minimum absolute atomic E-state index is 0.264. The van der Waals surface area contributed by atoms with Crippen molar-refractivity contribution in [3.8, 4) is 5.75 Å². The number of rotatable bonds is 6. The molecule has 0 aromatic heterocycles. The molecule has 2 nitrogen and oxygen atoms in total. The zero-order chi connectivity index (χ0) is 12.8. The number of Topliss-reactive ketones (excluding diaryl/α,β-unsaturated/α-hetero) is 1. The van der Waals surface area contributed by atoms with Crippen molar-refractivity contribution >= 4 is 5.78 Å². The van der Waals surface area contributed by atoms with E-state index in [0.29, 0.717) is 18.9 Å². The molecule has 0 fully saturated rings. The van der Waals surface area contributed by atoms with Crippen molar-refractivity contribution < 1.29 is 9.53 Å². The third-order valence-corrected chi connectivity index (χ3v) is 3.01. The van der Waals surface area contributed by atoms with Crippen LogP contribution in [0.25, 0.3) is 0 Å². The molecule has 17 heavy (non-hydrogen) atoms. The van der Waals surface area contributed by atoms with Crippen LogP contribution in [0.2, 0.25) is 0 Å². The van der Waals surface area contributed by atoms with Crippen molar-refractivity contribution in [1.29, 1.82) is 0 Å². The highest BCUT2D eigenvalue weighted by Gasteiger charge is 2.10. The van der Waals surface area contributed by atoms with Crippen molar-refractivity contribution in [3.63, 3.8) is 0 Å². The summed E-state index contributed by atoms with van der Waals surface area (Å²) in [6.07, 6.45) is 1.58. The molecule has 0 aliphatic carbocycles. The van der Waals surface area contributed by atoms with Gasteiger partial charge in [0.1, 0.15) is 11.5 Å². The first-order valence-electron chi connectivity index (χ1n) is 6.27. The van der Waals surface area contributed by atoms with E-state index in [1.807, 2.05) is 13.0 Å². The van der Waals surface area contributed by atoms with E-state index in [4.69, 9.17) is 4.74 Å². The van der Waals surface area contributed by atoms with Crippen molar-refractivity contribution in [1.82, 2.24) is 0 Å². The summed E-state index contributed by atoms with van der Waals surface area (Å²) < 4.78 is 5.47. The fourth-order valence-corrected chi connectivity index (χ4v) is 2.03. The molecule has 0 bridgehead atoms. The first-order valence-corrected chi connectivity index (χ1v) is 6.27. The number of carbonyl (C=O) groups is 1. The molecule has 0 aliphatic heterocycles. The Bertz CT molecular complexity index is 383. The molecule has 0 spiro atoms. The highest BCUT2D eigenvalue weighted by atomic mass is 16.5. The van der Waals surface area contributed by atoms with Crippen LogP contribution in [-0.4, -0.2) is 12.4 Å². The van der Waals surface area contributed by atoms with E-state index in [1.54, 1.807) is 6.92 Å². The minimum atomic E-state index is 0.264. The second-order valence-corrected chi connectivity index (χ2v) is 4.59. The molecule has 0 heterocycles. The Morgan fingerprint density at radius 2 is 2.12 bits per heavy atom. The molecular formula is C15H22O2. The molecule has 94 valence electrons. The molecule has 1 aromatic carbocycles. The summed E-state index contributed by atoms with van der Waals surface area (Å²) in [6, 6.07) is 6.20. The van der Waals surface area contributed by atoms with Gasteiger partial charge in [-0.2, -0.15) is 0 Å². The summed E-state index contributed by atoms with van der Waals surface area (Å²) in [5.74, 6) is 1.61. The van der Waals surface area contributed by atoms with Crippen LogP contribution in [0.5, 0.6) is 5.75 Å². The smallest absolute Gasteiger partial charge is 0.129 e. The fourth-order valence-electron chi connectivity index (χ4n) is 2.03. The maximum absolute atomic E-state index is 11.0. The molecular weight excluding hydrogens is 212 g/mol. The lowest BCUT2D eigenvalue weighted by Crippen LogP contribution is -2.01. The van der Waals surface area contributed by atoms with Gasteiger partial charge in [-0.25, -0.2) is 0 Å². The van der Waals surface area contributed by atoms with E-state index >= 15 is 0 Å². The van der Waals surface area contributed by atoms with Gasteiger partial charge in [0.25, 0.3) is 0 Å². The minimum Gasteiger partial charge on any atom is -0.494 e. The molecule has 0 saturated heterocycles. The summed E-state index contributed by atoms with van der Waals surface area (Å²) in [5.41, 5.74) is 2.56. The van der Waals surface area contributed by atoms with E-state index in [9.17, 15) is 4.79 Å². The van der Waals surface area contributed by atoms with Gasteiger partial charge in [0.15, 0.2) is 0 Å². The molecule has 0 aliphatic rings. The van der Waals surface area contributed by atoms with Gasteiger partial charge < -0.3 is 9.53 Å². The molecule has 1 atom stereocenters. The Morgan fingerprint density at radius 3 is 2.65 bits per heavy atom. The van der Waals surface area contributed by atoms with Crippen LogP contribution in [0.4, 0.5) is 0 Å². The third kappa shape index (κ3) is 4.22. The van der Waals surface area contributed by atoms with Crippen LogP contribution in [0.3, 0.4) is 0 Å². The molecule has 1 rings (SSSR count). The van der Waals surface area contributed by atoms with E-state index in [0.717, 1.165) is 12.2 Å². The number of hydrogen-bond acceptors (Lipinski definition) is 2. The SMILES string of the molecule is CCOc1ccc(C(C)CCC(C)=O)c(C)c1. The van der Waals surface area contributed by atoms with Crippen molar-refractivity contribution in [2.45, 2.75) is 46.5 Å². The summed E-state index contributed by atoms with van der Waals surface area (Å²) >= 11 is 0. The highest BCUT2D eigenvalue weighted by Crippen LogP contribution is 2.27. The lowest BCUT2D eigenvalue weighted by atomic mass is 9.92. The highest BCUT2D eigenvalue weighted by molar-refractivity contribution is 5.75. The maximum Gasteiger partial charge on any atom is 0.129 e. The normalized spacial score (nSPS) is 12.2. The van der Waals surface area contributed by atoms with Gasteiger partial charge in [-0.3, -0.25) is 0 Å².